The normalized spacial score (nSPS) is 20.0. The highest BCUT2D eigenvalue weighted by Gasteiger charge is 2.26. The van der Waals surface area contributed by atoms with Crippen LogP contribution < -0.4 is 14.4 Å². The van der Waals surface area contributed by atoms with Crippen LogP contribution in [0.5, 0.6) is 11.5 Å². The first kappa shape index (κ1) is 27.1. The maximum absolute atomic E-state index is 13.7. The summed E-state index contributed by atoms with van der Waals surface area (Å²) in [6, 6.07) is 16.6. The highest BCUT2D eigenvalue weighted by Crippen LogP contribution is 2.41. The smallest absolute Gasteiger partial charge is 0.254 e. The van der Waals surface area contributed by atoms with Gasteiger partial charge >= 0.3 is 0 Å². The van der Waals surface area contributed by atoms with Gasteiger partial charge in [0.05, 0.1) is 26.4 Å². The van der Waals surface area contributed by atoms with E-state index in [1.165, 1.54) is 22.6 Å². The van der Waals surface area contributed by atoms with Gasteiger partial charge in [-0.3, -0.25) is 4.79 Å². The van der Waals surface area contributed by atoms with E-state index in [9.17, 15) is 4.79 Å². The monoisotopic (exact) mass is 561 g/mol. The fourth-order valence-corrected chi connectivity index (χ4v) is 6.79. The molecule has 0 radical (unpaired) electrons. The number of likely N-dealkylation sites (tertiary alicyclic amines) is 1. The summed E-state index contributed by atoms with van der Waals surface area (Å²) in [6.45, 7) is 9.69. The second-order valence-electron chi connectivity index (χ2n) is 11.2. The van der Waals surface area contributed by atoms with Gasteiger partial charge in [-0.2, -0.15) is 0 Å². The maximum atomic E-state index is 13.7. The Bertz CT molecular complexity index is 1320. The van der Waals surface area contributed by atoms with Crippen molar-refractivity contribution in [1.82, 2.24) is 9.80 Å². The van der Waals surface area contributed by atoms with Crippen molar-refractivity contribution < 1.29 is 19.0 Å². The number of fused-ring (bicyclic) bond motifs is 1. The summed E-state index contributed by atoms with van der Waals surface area (Å²) in [4.78, 5) is 22.7. The number of carbonyl (C=O) groups excluding carboxylic acids is 1. The minimum atomic E-state index is 0.0232. The Morgan fingerprint density at radius 3 is 2.60 bits per heavy atom. The number of carbonyl (C=O) groups is 1. The van der Waals surface area contributed by atoms with Crippen LogP contribution in [0.2, 0.25) is 0 Å². The molecule has 3 aliphatic heterocycles. The molecule has 212 valence electrons. The third-order valence-electron chi connectivity index (χ3n) is 8.10. The number of amides is 1. The first-order valence-electron chi connectivity index (χ1n) is 14.4. The average Bonchev–Trinajstić information content (AvgIpc) is 3.30. The van der Waals surface area contributed by atoms with E-state index in [2.05, 4.69) is 48.0 Å². The van der Waals surface area contributed by atoms with Crippen molar-refractivity contribution in [2.75, 3.05) is 71.1 Å². The van der Waals surface area contributed by atoms with Gasteiger partial charge in [0.15, 0.2) is 11.5 Å². The minimum absolute atomic E-state index is 0.0232. The van der Waals surface area contributed by atoms with Gasteiger partial charge in [-0.25, -0.2) is 0 Å². The number of hydrogen-bond donors (Lipinski definition) is 0. The standard InChI is InChI=1S/C32H39N3O4S/c1-23-5-10-30(40-23)26-18-27-21-35(32(36)25-6-8-28(9-7-25)34-12-15-37-16-13-34)14-17-38-31(27)29(19-26)39-22-24-4-3-11-33(2)20-24/h5-10,18-19,24H,3-4,11-17,20-22H2,1-2H3/t24-/m0/s1. The van der Waals surface area contributed by atoms with Crippen molar-refractivity contribution >= 4 is 22.9 Å². The molecule has 0 unspecified atom stereocenters. The predicted octanol–water partition coefficient (Wildman–Crippen LogP) is 5.32. The van der Waals surface area contributed by atoms with E-state index in [-0.39, 0.29) is 5.91 Å². The largest absolute Gasteiger partial charge is 0.489 e. The summed E-state index contributed by atoms with van der Waals surface area (Å²) in [5.41, 5.74) is 3.94. The second kappa shape index (κ2) is 12.2. The third-order valence-corrected chi connectivity index (χ3v) is 9.15. The lowest BCUT2D eigenvalue weighted by Crippen LogP contribution is -2.36. The maximum Gasteiger partial charge on any atom is 0.254 e. The third kappa shape index (κ3) is 6.14. The van der Waals surface area contributed by atoms with Gasteiger partial charge in [-0.15, -0.1) is 11.3 Å². The number of ether oxygens (including phenoxy) is 3. The molecule has 0 N–H and O–H groups in total. The zero-order valence-corrected chi connectivity index (χ0v) is 24.4. The van der Waals surface area contributed by atoms with Gasteiger partial charge < -0.3 is 28.9 Å². The van der Waals surface area contributed by atoms with Gasteiger partial charge in [-0.05, 0) is 87.5 Å². The van der Waals surface area contributed by atoms with E-state index in [1.807, 2.05) is 29.2 Å². The van der Waals surface area contributed by atoms with Crippen LogP contribution in [-0.4, -0.2) is 81.9 Å². The predicted molar refractivity (Wildman–Crippen MR) is 160 cm³/mol. The van der Waals surface area contributed by atoms with Gasteiger partial charge in [0.1, 0.15) is 6.61 Å². The lowest BCUT2D eigenvalue weighted by atomic mass is 9.99. The molecule has 0 bridgehead atoms. The number of aryl methyl sites for hydroxylation is 1. The molecule has 40 heavy (non-hydrogen) atoms. The van der Waals surface area contributed by atoms with E-state index >= 15 is 0 Å². The molecule has 6 rings (SSSR count). The molecular weight excluding hydrogens is 522 g/mol. The van der Waals surface area contributed by atoms with E-state index in [0.717, 1.165) is 67.7 Å². The molecule has 0 saturated carbocycles. The van der Waals surface area contributed by atoms with Crippen LogP contribution in [0.25, 0.3) is 10.4 Å². The van der Waals surface area contributed by atoms with Crippen molar-refractivity contribution in [3.63, 3.8) is 0 Å². The minimum Gasteiger partial charge on any atom is -0.489 e. The van der Waals surface area contributed by atoms with Crippen LogP contribution in [0.4, 0.5) is 5.69 Å². The quantitative estimate of drug-likeness (QED) is 0.406. The van der Waals surface area contributed by atoms with Gasteiger partial charge in [0.25, 0.3) is 5.91 Å². The summed E-state index contributed by atoms with van der Waals surface area (Å²) in [6.07, 6.45) is 2.39. The first-order chi connectivity index (χ1) is 19.5. The molecule has 2 saturated heterocycles. The molecule has 0 aliphatic carbocycles. The number of piperidine rings is 1. The Hall–Kier alpha value is -3.07. The Morgan fingerprint density at radius 2 is 1.85 bits per heavy atom. The number of hydrogen-bond acceptors (Lipinski definition) is 7. The lowest BCUT2D eigenvalue weighted by molar-refractivity contribution is 0.0733. The summed E-state index contributed by atoms with van der Waals surface area (Å²) in [7, 11) is 2.18. The molecule has 3 aromatic rings. The summed E-state index contributed by atoms with van der Waals surface area (Å²) >= 11 is 1.77. The molecule has 1 amide bonds. The van der Waals surface area contributed by atoms with Gasteiger partial charge in [-0.1, -0.05) is 0 Å². The fourth-order valence-electron chi connectivity index (χ4n) is 5.93. The van der Waals surface area contributed by atoms with Crippen molar-refractivity contribution in [3.05, 3.63) is 64.5 Å². The molecule has 0 spiro atoms. The van der Waals surface area contributed by atoms with Crippen LogP contribution >= 0.6 is 11.3 Å². The molecule has 7 nitrogen and oxygen atoms in total. The highest BCUT2D eigenvalue weighted by atomic mass is 32.1. The van der Waals surface area contributed by atoms with Crippen LogP contribution in [0.15, 0.2) is 48.5 Å². The lowest BCUT2D eigenvalue weighted by Gasteiger charge is -2.29. The molecule has 4 heterocycles. The van der Waals surface area contributed by atoms with Crippen LogP contribution in [-0.2, 0) is 11.3 Å². The number of rotatable bonds is 6. The van der Waals surface area contributed by atoms with E-state index < -0.39 is 0 Å². The summed E-state index contributed by atoms with van der Waals surface area (Å²) < 4.78 is 18.3. The Morgan fingerprint density at radius 1 is 1.02 bits per heavy atom. The van der Waals surface area contributed by atoms with E-state index in [4.69, 9.17) is 14.2 Å². The van der Waals surface area contributed by atoms with Crippen LogP contribution in [0.1, 0.15) is 33.6 Å². The van der Waals surface area contributed by atoms with Crippen molar-refractivity contribution in [1.29, 1.82) is 0 Å². The fraction of sp³-hybridized carbons (Fsp3) is 0.469. The van der Waals surface area contributed by atoms with E-state index in [1.54, 1.807) is 11.3 Å². The number of benzene rings is 2. The van der Waals surface area contributed by atoms with Crippen LogP contribution in [0, 0.1) is 12.8 Å². The number of nitrogens with zero attached hydrogens (tertiary/aromatic N) is 3. The van der Waals surface area contributed by atoms with Gasteiger partial charge in [0, 0.05) is 58.7 Å². The molecule has 1 atom stereocenters. The zero-order chi connectivity index (χ0) is 27.5. The summed E-state index contributed by atoms with van der Waals surface area (Å²) in [5, 5.41) is 0. The van der Waals surface area contributed by atoms with Crippen molar-refractivity contribution in [2.24, 2.45) is 5.92 Å². The Balaban J connectivity index is 1.24. The molecule has 8 heteroatoms. The number of thiophene rings is 1. The topological polar surface area (TPSA) is 54.5 Å². The van der Waals surface area contributed by atoms with Crippen molar-refractivity contribution in [2.45, 2.75) is 26.3 Å². The number of anilines is 1. The SMILES string of the molecule is Cc1ccc(-c2cc3c(c(OC[C@H]4CCCN(C)C4)c2)OCCN(C(=O)c2ccc(N4CCOCC4)cc2)C3)s1. The molecule has 1 aromatic heterocycles. The van der Waals surface area contributed by atoms with Gasteiger partial charge in [0.2, 0.25) is 0 Å². The second-order valence-corrected chi connectivity index (χ2v) is 12.5. The summed E-state index contributed by atoms with van der Waals surface area (Å²) in [5.74, 6) is 2.09. The molecule has 3 aliphatic rings. The number of morpholine rings is 1. The van der Waals surface area contributed by atoms with Crippen molar-refractivity contribution in [3.8, 4) is 21.9 Å². The Kier molecular flexibility index (Phi) is 8.27. The molecule has 2 aromatic carbocycles. The van der Waals surface area contributed by atoms with Crippen LogP contribution in [0.3, 0.4) is 0 Å². The first-order valence-corrected chi connectivity index (χ1v) is 15.2. The molecular formula is C32H39N3O4S. The molecule has 2 fully saturated rings. The zero-order valence-electron chi connectivity index (χ0n) is 23.6. The Labute approximate surface area is 241 Å². The average molecular weight is 562 g/mol. The highest BCUT2D eigenvalue weighted by molar-refractivity contribution is 7.15. The van der Waals surface area contributed by atoms with E-state index in [0.29, 0.717) is 37.8 Å².